The topological polar surface area (TPSA) is 72.3 Å². The Balaban J connectivity index is 1.33. The number of nitrogens with one attached hydrogen (secondary N) is 1. The molecule has 23 heavy (non-hydrogen) atoms. The highest BCUT2D eigenvalue weighted by Gasteiger charge is 2.33. The lowest BCUT2D eigenvalue weighted by Gasteiger charge is -2.32. The van der Waals surface area contributed by atoms with Gasteiger partial charge in [0.2, 0.25) is 5.91 Å². The van der Waals surface area contributed by atoms with Crippen LogP contribution in [0.4, 0.5) is 0 Å². The van der Waals surface area contributed by atoms with Crippen molar-refractivity contribution in [1.82, 2.24) is 25.0 Å². The number of hydrogen-bond donors (Lipinski definition) is 1. The molecule has 7 nitrogen and oxygen atoms in total. The third kappa shape index (κ3) is 3.12. The summed E-state index contributed by atoms with van der Waals surface area (Å²) in [6, 6.07) is -0.147. The molecule has 7 heteroatoms. The van der Waals surface area contributed by atoms with E-state index in [2.05, 4.69) is 25.0 Å². The van der Waals surface area contributed by atoms with Crippen molar-refractivity contribution in [3.05, 3.63) is 11.6 Å². The molecular formula is C16H25N5O2. The molecule has 1 aromatic heterocycles. The van der Waals surface area contributed by atoms with Gasteiger partial charge in [-0.05, 0) is 32.6 Å². The van der Waals surface area contributed by atoms with Gasteiger partial charge in [0, 0.05) is 32.2 Å². The Labute approximate surface area is 136 Å². The minimum Gasteiger partial charge on any atom is -0.376 e. The van der Waals surface area contributed by atoms with Gasteiger partial charge in [-0.25, -0.2) is 0 Å². The maximum atomic E-state index is 12.4. The molecule has 4 rings (SSSR count). The van der Waals surface area contributed by atoms with Gasteiger partial charge in [-0.1, -0.05) is 0 Å². The molecule has 2 atom stereocenters. The normalized spacial score (nSPS) is 26.0. The molecule has 1 aliphatic carbocycles. The van der Waals surface area contributed by atoms with Crippen molar-refractivity contribution in [2.45, 2.75) is 63.8 Å². The van der Waals surface area contributed by atoms with Crippen LogP contribution in [-0.2, 0) is 22.6 Å². The molecule has 1 saturated carbocycles. The first-order valence-electron chi connectivity index (χ1n) is 8.77. The van der Waals surface area contributed by atoms with Gasteiger partial charge in [0.1, 0.15) is 11.6 Å². The predicted molar refractivity (Wildman–Crippen MR) is 83.9 cm³/mol. The largest absolute Gasteiger partial charge is 0.376 e. The Morgan fingerprint density at radius 1 is 1.35 bits per heavy atom. The van der Waals surface area contributed by atoms with E-state index >= 15 is 0 Å². The van der Waals surface area contributed by atoms with E-state index in [0.29, 0.717) is 19.0 Å². The van der Waals surface area contributed by atoms with Crippen molar-refractivity contribution in [2.24, 2.45) is 0 Å². The second-order valence-electron chi connectivity index (χ2n) is 6.93. The molecule has 0 radical (unpaired) electrons. The fourth-order valence-electron chi connectivity index (χ4n) is 3.51. The molecule has 2 fully saturated rings. The lowest BCUT2D eigenvalue weighted by atomic mass is 10.2. The van der Waals surface area contributed by atoms with Gasteiger partial charge in [-0.2, -0.15) is 0 Å². The zero-order valence-corrected chi connectivity index (χ0v) is 13.7. The number of nitrogens with zero attached hydrogens (tertiary/aromatic N) is 4. The molecular weight excluding hydrogens is 294 g/mol. The fraction of sp³-hybridized carbons (Fsp3) is 0.812. The third-order valence-corrected chi connectivity index (χ3v) is 5.21. The maximum absolute atomic E-state index is 12.4. The van der Waals surface area contributed by atoms with Crippen molar-refractivity contribution < 1.29 is 9.53 Å². The van der Waals surface area contributed by atoms with Gasteiger partial charge in [-0.3, -0.25) is 9.69 Å². The van der Waals surface area contributed by atoms with E-state index in [9.17, 15) is 4.79 Å². The van der Waals surface area contributed by atoms with Gasteiger partial charge in [0.15, 0.2) is 0 Å². The van der Waals surface area contributed by atoms with Crippen LogP contribution in [-0.4, -0.2) is 57.4 Å². The number of rotatable bonds is 5. The molecule has 0 bridgehead atoms. The number of fused-ring (bicyclic) bond motifs is 1. The monoisotopic (exact) mass is 319 g/mol. The standard InChI is InChI=1S/C16H25N5O2/c1-11(16(22)17-9-13-3-2-8-23-13)20-6-7-21-14(10-20)18-19-15(21)12-4-5-12/h11-13H,2-10H2,1H3,(H,17,22)/t11-,13-/m1/s1. The summed E-state index contributed by atoms with van der Waals surface area (Å²) < 4.78 is 7.81. The summed E-state index contributed by atoms with van der Waals surface area (Å²) in [6.45, 7) is 5.88. The molecule has 1 saturated heterocycles. The zero-order chi connectivity index (χ0) is 15.8. The van der Waals surface area contributed by atoms with Crippen molar-refractivity contribution in [1.29, 1.82) is 0 Å². The molecule has 3 aliphatic rings. The van der Waals surface area contributed by atoms with Crippen LogP contribution in [0.25, 0.3) is 0 Å². The molecule has 2 aliphatic heterocycles. The molecule has 126 valence electrons. The molecule has 1 N–H and O–H groups in total. The van der Waals surface area contributed by atoms with E-state index in [1.165, 1.54) is 12.8 Å². The summed E-state index contributed by atoms with van der Waals surface area (Å²) in [5.41, 5.74) is 0. The zero-order valence-electron chi connectivity index (χ0n) is 13.7. The number of hydrogen-bond acceptors (Lipinski definition) is 5. The second kappa shape index (κ2) is 6.20. The van der Waals surface area contributed by atoms with Crippen molar-refractivity contribution >= 4 is 5.91 Å². The van der Waals surface area contributed by atoms with Crippen LogP contribution in [0.2, 0.25) is 0 Å². The molecule has 0 unspecified atom stereocenters. The van der Waals surface area contributed by atoms with Crippen molar-refractivity contribution in [2.75, 3.05) is 19.7 Å². The summed E-state index contributed by atoms with van der Waals surface area (Å²) in [6.07, 6.45) is 4.82. The molecule has 3 heterocycles. The minimum absolute atomic E-state index is 0.0795. The van der Waals surface area contributed by atoms with Crippen LogP contribution in [0.1, 0.15) is 50.2 Å². The quantitative estimate of drug-likeness (QED) is 0.863. The summed E-state index contributed by atoms with van der Waals surface area (Å²) in [4.78, 5) is 14.6. The van der Waals surface area contributed by atoms with Crippen molar-refractivity contribution in [3.63, 3.8) is 0 Å². The number of amides is 1. The first kappa shape index (κ1) is 15.1. The Morgan fingerprint density at radius 3 is 2.96 bits per heavy atom. The van der Waals surface area contributed by atoms with Gasteiger partial charge in [0.05, 0.1) is 18.7 Å². The summed E-state index contributed by atoms with van der Waals surface area (Å²) in [7, 11) is 0. The lowest BCUT2D eigenvalue weighted by molar-refractivity contribution is -0.127. The number of carbonyl (C=O) groups is 1. The average molecular weight is 319 g/mol. The first-order valence-corrected chi connectivity index (χ1v) is 8.77. The van der Waals surface area contributed by atoms with E-state index < -0.39 is 0 Å². The van der Waals surface area contributed by atoms with Crippen LogP contribution in [0.15, 0.2) is 0 Å². The second-order valence-corrected chi connectivity index (χ2v) is 6.93. The van der Waals surface area contributed by atoms with Gasteiger partial charge < -0.3 is 14.6 Å². The maximum Gasteiger partial charge on any atom is 0.237 e. The Hall–Kier alpha value is -1.47. The minimum atomic E-state index is -0.147. The number of ether oxygens (including phenoxy) is 1. The molecule has 0 spiro atoms. The number of carbonyl (C=O) groups excluding carboxylic acids is 1. The van der Waals surface area contributed by atoms with Crippen LogP contribution >= 0.6 is 0 Å². The average Bonchev–Trinajstić information content (AvgIpc) is 3.12. The smallest absolute Gasteiger partial charge is 0.237 e. The Kier molecular flexibility index (Phi) is 4.07. The highest BCUT2D eigenvalue weighted by molar-refractivity contribution is 5.81. The SMILES string of the molecule is C[C@H](C(=O)NC[C@H]1CCCO1)N1CCn2c(nnc2C2CC2)C1. The lowest BCUT2D eigenvalue weighted by Crippen LogP contribution is -2.49. The van der Waals surface area contributed by atoms with E-state index in [-0.39, 0.29) is 18.1 Å². The van der Waals surface area contributed by atoms with Crippen LogP contribution in [0, 0.1) is 0 Å². The molecule has 1 amide bonds. The Bertz CT molecular complexity index is 577. The number of aromatic nitrogens is 3. The van der Waals surface area contributed by atoms with Gasteiger partial charge in [-0.15, -0.1) is 10.2 Å². The van der Waals surface area contributed by atoms with Gasteiger partial charge >= 0.3 is 0 Å². The van der Waals surface area contributed by atoms with Crippen molar-refractivity contribution in [3.8, 4) is 0 Å². The summed E-state index contributed by atoms with van der Waals surface area (Å²) >= 11 is 0. The van der Waals surface area contributed by atoms with E-state index in [1.54, 1.807) is 0 Å². The molecule has 0 aromatic carbocycles. The highest BCUT2D eigenvalue weighted by atomic mass is 16.5. The summed E-state index contributed by atoms with van der Waals surface area (Å²) in [5.74, 6) is 2.85. The highest BCUT2D eigenvalue weighted by Crippen LogP contribution is 2.39. The third-order valence-electron chi connectivity index (χ3n) is 5.21. The predicted octanol–water partition coefficient (Wildman–Crippen LogP) is 0.655. The van der Waals surface area contributed by atoms with Gasteiger partial charge in [0.25, 0.3) is 0 Å². The molecule has 1 aromatic rings. The fourth-order valence-corrected chi connectivity index (χ4v) is 3.51. The van der Waals surface area contributed by atoms with E-state index in [0.717, 1.165) is 44.2 Å². The summed E-state index contributed by atoms with van der Waals surface area (Å²) in [5, 5.41) is 11.7. The van der Waals surface area contributed by atoms with Crippen LogP contribution in [0.3, 0.4) is 0 Å². The van der Waals surface area contributed by atoms with E-state index in [4.69, 9.17) is 4.74 Å². The van der Waals surface area contributed by atoms with Crippen LogP contribution < -0.4 is 5.32 Å². The first-order chi connectivity index (χ1) is 11.2. The van der Waals surface area contributed by atoms with E-state index in [1.807, 2.05) is 6.92 Å². The van der Waals surface area contributed by atoms with Crippen LogP contribution in [0.5, 0.6) is 0 Å². The Morgan fingerprint density at radius 2 is 2.22 bits per heavy atom.